The van der Waals surface area contributed by atoms with E-state index in [4.69, 9.17) is 9.47 Å². The van der Waals surface area contributed by atoms with Gasteiger partial charge in [0.1, 0.15) is 11.7 Å². The van der Waals surface area contributed by atoms with Crippen molar-refractivity contribution in [3.8, 4) is 0 Å². The second-order valence-electron chi connectivity index (χ2n) is 15.8. The summed E-state index contributed by atoms with van der Waals surface area (Å²) in [6.07, 6.45) is 16.4. The lowest BCUT2D eigenvalue weighted by molar-refractivity contribution is -0.154. The van der Waals surface area contributed by atoms with Gasteiger partial charge in [-0.1, -0.05) is 65.5 Å². The zero-order valence-corrected chi connectivity index (χ0v) is 26.9. The van der Waals surface area contributed by atoms with Crippen LogP contribution in [0.1, 0.15) is 126 Å². The van der Waals surface area contributed by atoms with E-state index in [-0.39, 0.29) is 36.5 Å². The highest BCUT2D eigenvalue weighted by Crippen LogP contribution is 2.67. The molecule has 0 spiro atoms. The zero-order chi connectivity index (χ0) is 29.3. The van der Waals surface area contributed by atoms with E-state index in [2.05, 4.69) is 46.0 Å². The van der Waals surface area contributed by atoms with Crippen LogP contribution in [-0.4, -0.2) is 36.7 Å². The van der Waals surface area contributed by atoms with Crippen molar-refractivity contribution in [1.29, 1.82) is 0 Å². The summed E-state index contributed by atoms with van der Waals surface area (Å²) in [5, 5.41) is 2.89. The number of ether oxygens (including phenoxy) is 2. The van der Waals surface area contributed by atoms with E-state index in [1.54, 1.807) is 5.57 Å². The number of allylic oxidation sites excluding steroid dienone is 1. The Morgan fingerprint density at radius 2 is 1.70 bits per heavy atom. The normalized spacial score (nSPS) is 36.2. The summed E-state index contributed by atoms with van der Waals surface area (Å²) < 4.78 is 11.2. The molecule has 0 amide bonds. The van der Waals surface area contributed by atoms with Crippen molar-refractivity contribution in [2.24, 2.45) is 46.3 Å². The maximum absolute atomic E-state index is 12.5. The van der Waals surface area contributed by atoms with E-state index >= 15 is 0 Å². The average Bonchev–Trinajstić information content (AvgIpc) is 3.20. The Morgan fingerprint density at radius 3 is 2.40 bits per heavy atom. The lowest BCUT2D eigenvalue weighted by Crippen LogP contribution is -2.51. The van der Waals surface area contributed by atoms with Crippen molar-refractivity contribution in [3.63, 3.8) is 0 Å². The molecule has 0 unspecified atom stereocenters. The first-order chi connectivity index (χ1) is 18.7. The Labute approximate surface area is 245 Å². The number of carbonyl (C=O) groups excluding carboxylic acids is 2. The van der Waals surface area contributed by atoms with Gasteiger partial charge in [-0.05, 0) is 112 Å². The van der Waals surface area contributed by atoms with Crippen LogP contribution in [-0.2, 0) is 19.1 Å². The number of nitrogens with one attached hydrogen (secondary N) is 1. The summed E-state index contributed by atoms with van der Waals surface area (Å²) in [6, 6.07) is 0. The fraction of sp³-hybridized carbons (Fsp3) is 0.886. The first-order valence-corrected chi connectivity index (χ1v) is 16.5. The van der Waals surface area contributed by atoms with Gasteiger partial charge in [-0.15, -0.1) is 0 Å². The summed E-state index contributed by atoms with van der Waals surface area (Å²) >= 11 is 0. The largest absolute Gasteiger partial charge is 0.461 e. The van der Waals surface area contributed by atoms with E-state index in [0.29, 0.717) is 5.41 Å². The van der Waals surface area contributed by atoms with Crippen LogP contribution in [0.25, 0.3) is 0 Å². The third-order valence-corrected chi connectivity index (χ3v) is 11.5. The monoisotopic (exact) mass is 557 g/mol. The molecule has 0 saturated heterocycles. The molecule has 40 heavy (non-hydrogen) atoms. The van der Waals surface area contributed by atoms with E-state index in [1.165, 1.54) is 51.4 Å². The summed E-state index contributed by atoms with van der Waals surface area (Å²) in [7, 11) is 0. The molecule has 4 aliphatic rings. The third-order valence-electron chi connectivity index (χ3n) is 11.5. The van der Waals surface area contributed by atoms with Gasteiger partial charge in [-0.3, -0.25) is 14.9 Å². The highest BCUT2D eigenvalue weighted by Gasteiger charge is 2.59. The Morgan fingerprint density at radius 1 is 0.975 bits per heavy atom. The van der Waals surface area contributed by atoms with E-state index in [0.717, 1.165) is 54.8 Å². The highest BCUT2D eigenvalue weighted by molar-refractivity contribution is 5.75. The molecule has 8 atom stereocenters. The SMILES string of the molecule is CC(C)CCC[C@@H](C)[C@H]1CC[C@H]2[C@@H]3CC=C4C[C@@H](OC(=O)CNCC(=O)OC(C)(C)C)CC[C@]4(C)[C@H]3CC[C@]12C. The minimum absolute atomic E-state index is 0.0149. The summed E-state index contributed by atoms with van der Waals surface area (Å²) in [5.74, 6) is 4.38. The van der Waals surface area contributed by atoms with Gasteiger partial charge in [0.25, 0.3) is 0 Å². The molecule has 0 aromatic carbocycles. The lowest BCUT2D eigenvalue weighted by Gasteiger charge is -2.58. The van der Waals surface area contributed by atoms with Crippen molar-refractivity contribution in [3.05, 3.63) is 11.6 Å². The lowest BCUT2D eigenvalue weighted by atomic mass is 9.47. The topological polar surface area (TPSA) is 64.6 Å². The molecule has 4 aliphatic carbocycles. The molecule has 0 aromatic heterocycles. The van der Waals surface area contributed by atoms with Crippen LogP contribution in [0.4, 0.5) is 0 Å². The van der Waals surface area contributed by atoms with Crippen molar-refractivity contribution in [2.45, 2.75) is 138 Å². The molecule has 0 radical (unpaired) electrons. The maximum atomic E-state index is 12.5. The van der Waals surface area contributed by atoms with Gasteiger partial charge in [-0.2, -0.15) is 0 Å². The first kappa shape index (κ1) is 31.6. The Balaban J connectivity index is 1.31. The molecule has 0 aromatic rings. The van der Waals surface area contributed by atoms with Gasteiger partial charge in [0.05, 0.1) is 13.1 Å². The first-order valence-electron chi connectivity index (χ1n) is 16.5. The predicted octanol–water partition coefficient (Wildman–Crippen LogP) is 7.87. The Hall–Kier alpha value is -1.36. The number of esters is 2. The van der Waals surface area contributed by atoms with Crippen molar-refractivity contribution < 1.29 is 19.1 Å². The molecule has 3 fully saturated rings. The highest BCUT2D eigenvalue weighted by atomic mass is 16.6. The van der Waals surface area contributed by atoms with Crippen LogP contribution < -0.4 is 5.32 Å². The molecule has 5 heteroatoms. The molecule has 0 aliphatic heterocycles. The Bertz CT molecular complexity index is 934. The van der Waals surface area contributed by atoms with E-state index in [1.807, 2.05) is 20.8 Å². The van der Waals surface area contributed by atoms with E-state index < -0.39 is 5.60 Å². The van der Waals surface area contributed by atoms with Gasteiger partial charge >= 0.3 is 11.9 Å². The van der Waals surface area contributed by atoms with Gasteiger partial charge in [0.15, 0.2) is 0 Å². The number of carbonyl (C=O) groups is 2. The van der Waals surface area contributed by atoms with Gasteiger partial charge < -0.3 is 9.47 Å². The third kappa shape index (κ3) is 6.98. The van der Waals surface area contributed by atoms with Gasteiger partial charge in [0, 0.05) is 6.42 Å². The molecule has 5 nitrogen and oxygen atoms in total. The molecular weight excluding hydrogens is 498 g/mol. The molecule has 0 heterocycles. The fourth-order valence-electron chi connectivity index (χ4n) is 9.62. The Kier molecular flexibility index (Phi) is 9.85. The molecular formula is C35H59NO4. The van der Waals surface area contributed by atoms with Crippen LogP contribution >= 0.6 is 0 Å². The maximum Gasteiger partial charge on any atom is 0.320 e. The number of rotatable bonds is 10. The smallest absolute Gasteiger partial charge is 0.320 e. The predicted molar refractivity (Wildman–Crippen MR) is 162 cm³/mol. The van der Waals surface area contributed by atoms with Crippen LogP contribution in [0.2, 0.25) is 0 Å². The second-order valence-corrected chi connectivity index (χ2v) is 15.8. The van der Waals surface area contributed by atoms with E-state index in [9.17, 15) is 9.59 Å². The second kappa shape index (κ2) is 12.5. The van der Waals surface area contributed by atoms with Gasteiger partial charge in [0.2, 0.25) is 0 Å². The quantitative estimate of drug-likeness (QED) is 0.219. The van der Waals surface area contributed by atoms with Crippen LogP contribution in [0.3, 0.4) is 0 Å². The molecule has 3 saturated carbocycles. The molecule has 4 rings (SSSR count). The summed E-state index contributed by atoms with van der Waals surface area (Å²) in [6.45, 7) is 18.0. The minimum Gasteiger partial charge on any atom is -0.461 e. The van der Waals surface area contributed by atoms with Gasteiger partial charge in [-0.25, -0.2) is 0 Å². The number of hydrogen-bond donors (Lipinski definition) is 1. The molecule has 228 valence electrons. The van der Waals surface area contributed by atoms with Crippen molar-refractivity contribution in [1.82, 2.24) is 5.32 Å². The minimum atomic E-state index is -0.525. The van der Waals surface area contributed by atoms with Crippen LogP contribution in [0.5, 0.6) is 0 Å². The average molecular weight is 558 g/mol. The van der Waals surface area contributed by atoms with Crippen molar-refractivity contribution in [2.75, 3.05) is 13.1 Å². The molecule has 0 bridgehead atoms. The number of fused-ring (bicyclic) bond motifs is 5. The van der Waals surface area contributed by atoms with Crippen LogP contribution in [0.15, 0.2) is 11.6 Å². The standard InChI is InChI=1S/C35H59NO4/c1-23(2)10-9-11-24(3)28-14-15-29-27-13-12-25-20-26(16-18-34(25,7)30(27)17-19-35(28,29)8)39-31(37)21-36-22-32(38)40-33(4,5)6/h12,23-24,26-30,36H,9-11,13-22H2,1-8H3/t24-,26+,27+,28-,29+,30+,34+,35-/m1/s1. The zero-order valence-electron chi connectivity index (χ0n) is 26.9. The summed E-state index contributed by atoms with van der Waals surface area (Å²) in [4.78, 5) is 24.4. The fourth-order valence-corrected chi connectivity index (χ4v) is 9.62. The van der Waals surface area contributed by atoms with Crippen molar-refractivity contribution >= 4 is 11.9 Å². The molecule has 1 N–H and O–H groups in total. The van der Waals surface area contributed by atoms with Crippen LogP contribution in [0, 0.1) is 46.3 Å². The number of hydrogen-bond acceptors (Lipinski definition) is 5. The summed E-state index contributed by atoms with van der Waals surface area (Å²) in [5.41, 5.74) is 1.78.